The molecule has 0 spiro atoms. The van der Waals surface area contributed by atoms with E-state index >= 15 is 0 Å². The van der Waals surface area contributed by atoms with Crippen molar-refractivity contribution in [2.24, 2.45) is 0 Å². The molecule has 0 aliphatic rings. The number of nitrogens with one attached hydrogen (secondary N) is 1. The Bertz CT molecular complexity index is 700. The molecule has 0 aromatic heterocycles. The minimum Gasteiger partial charge on any atom is -0.494 e. The molecule has 0 bridgehead atoms. The molecule has 1 amide bonds. The number of nitro benzene ring substituents is 1. The largest absolute Gasteiger partial charge is 0.494 e. The summed E-state index contributed by atoms with van der Waals surface area (Å²) in [4.78, 5) is 22.0. The zero-order valence-corrected chi connectivity index (χ0v) is 12.8. The Kier molecular flexibility index (Phi) is 5.68. The summed E-state index contributed by atoms with van der Waals surface area (Å²) in [6.45, 7) is 2.42. The van der Waals surface area contributed by atoms with Gasteiger partial charge in [-0.1, -0.05) is 18.2 Å². The van der Waals surface area contributed by atoms with Crippen molar-refractivity contribution in [2.45, 2.75) is 19.8 Å². The quantitative estimate of drug-likeness (QED) is 0.480. The average Bonchev–Trinajstić information content (AvgIpc) is 2.52. The van der Waals surface area contributed by atoms with Crippen molar-refractivity contribution in [1.82, 2.24) is 0 Å². The maximum Gasteiger partial charge on any atom is 0.271 e. The second-order valence-electron chi connectivity index (χ2n) is 5.12. The lowest BCUT2D eigenvalue weighted by atomic mass is 10.2. The summed E-state index contributed by atoms with van der Waals surface area (Å²) in [5.41, 5.74) is 1.49. The average molecular weight is 314 g/mol. The van der Waals surface area contributed by atoms with E-state index in [1.165, 1.54) is 18.2 Å². The normalized spacial score (nSPS) is 10.1. The van der Waals surface area contributed by atoms with Crippen molar-refractivity contribution in [3.63, 3.8) is 0 Å². The minimum atomic E-state index is -0.495. The molecule has 0 saturated carbocycles. The van der Waals surface area contributed by atoms with E-state index in [1.807, 2.05) is 31.2 Å². The third-order valence-corrected chi connectivity index (χ3v) is 3.15. The summed E-state index contributed by atoms with van der Waals surface area (Å²) in [6, 6.07) is 13.6. The van der Waals surface area contributed by atoms with Crippen molar-refractivity contribution in [3.8, 4) is 5.75 Å². The maximum atomic E-state index is 11.8. The van der Waals surface area contributed by atoms with Crippen LogP contribution in [0.15, 0.2) is 48.5 Å². The molecule has 0 atom stereocenters. The van der Waals surface area contributed by atoms with Gasteiger partial charge in [-0.25, -0.2) is 0 Å². The molecule has 23 heavy (non-hydrogen) atoms. The number of aryl methyl sites for hydroxylation is 1. The lowest BCUT2D eigenvalue weighted by molar-refractivity contribution is -0.384. The highest BCUT2D eigenvalue weighted by Gasteiger charge is 2.08. The number of amides is 1. The number of rotatable bonds is 7. The van der Waals surface area contributed by atoms with Gasteiger partial charge in [0.05, 0.1) is 11.5 Å². The van der Waals surface area contributed by atoms with Gasteiger partial charge < -0.3 is 10.1 Å². The monoisotopic (exact) mass is 314 g/mol. The van der Waals surface area contributed by atoms with Crippen LogP contribution in [0.5, 0.6) is 5.75 Å². The van der Waals surface area contributed by atoms with Crippen molar-refractivity contribution >= 4 is 17.3 Å². The van der Waals surface area contributed by atoms with Gasteiger partial charge in [0, 0.05) is 24.2 Å². The third-order valence-electron chi connectivity index (χ3n) is 3.15. The van der Waals surface area contributed by atoms with Crippen LogP contribution in [0.4, 0.5) is 11.4 Å². The van der Waals surface area contributed by atoms with E-state index in [0.29, 0.717) is 18.7 Å². The van der Waals surface area contributed by atoms with Crippen molar-refractivity contribution in [1.29, 1.82) is 0 Å². The van der Waals surface area contributed by atoms with Crippen LogP contribution in [0, 0.1) is 17.0 Å². The summed E-state index contributed by atoms with van der Waals surface area (Å²) in [5.74, 6) is 0.586. The Labute approximate surface area is 134 Å². The first kappa shape index (κ1) is 16.5. The Hall–Kier alpha value is -2.89. The number of hydrogen-bond acceptors (Lipinski definition) is 4. The molecule has 1 N–H and O–H groups in total. The Morgan fingerprint density at radius 1 is 1.22 bits per heavy atom. The second-order valence-corrected chi connectivity index (χ2v) is 5.12. The van der Waals surface area contributed by atoms with Crippen LogP contribution >= 0.6 is 0 Å². The first-order valence-corrected chi connectivity index (χ1v) is 7.28. The fourth-order valence-electron chi connectivity index (χ4n) is 2.05. The van der Waals surface area contributed by atoms with E-state index < -0.39 is 4.92 Å². The first-order chi connectivity index (χ1) is 11.0. The van der Waals surface area contributed by atoms with E-state index in [1.54, 1.807) is 6.07 Å². The number of anilines is 1. The molecular formula is C17H18N2O4. The summed E-state index contributed by atoms with van der Waals surface area (Å²) < 4.78 is 5.57. The van der Waals surface area contributed by atoms with Crippen LogP contribution in [-0.4, -0.2) is 17.4 Å². The molecule has 2 aromatic rings. The van der Waals surface area contributed by atoms with Gasteiger partial charge in [0.2, 0.25) is 5.91 Å². The molecule has 6 heteroatoms. The van der Waals surface area contributed by atoms with Crippen molar-refractivity contribution in [2.75, 3.05) is 11.9 Å². The van der Waals surface area contributed by atoms with Gasteiger partial charge in [-0.2, -0.15) is 0 Å². The Balaban J connectivity index is 1.75. The molecule has 0 aliphatic carbocycles. The molecule has 0 heterocycles. The van der Waals surface area contributed by atoms with Crippen molar-refractivity contribution in [3.05, 3.63) is 64.2 Å². The zero-order chi connectivity index (χ0) is 16.7. The summed E-state index contributed by atoms with van der Waals surface area (Å²) in [6.07, 6.45) is 0.850. The first-order valence-electron chi connectivity index (χ1n) is 7.28. The predicted molar refractivity (Wildman–Crippen MR) is 87.6 cm³/mol. The van der Waals surface area contributed by atoms with E-state index in [4.69, 9.17) is 4.74 Å². The highest BCUT2D eigenvalue weighted by atomic mass is 16.6. The smallest absolute Gasteiger partial charge is 0.271 e. The van der Waals surface area contributed by atoms with Crippen LogP contribution in [0.3, 0.4) is 0 Å². The number of nitrogens with zero attached hydrogens (tertiary/aromatic N) is 1. The Morgan fingerprint density at radius 2 is 2.00 bits per heavy atom. The van der Waals surface area contributed by atoms with Gasteiger partial charge in [-0.05, 0) is 37.1 Å². The number of ether oxygens (including phenoxy) is 1. The van der Waals surface area contributed by atoms with Crippen molar-refractivity contribution < 1.29 is 14.5 Å². The van der Waals surface area contributed by atoms with Gasteiger partial charge in [0.1, 0.15) is 5.75 Å². The lowest BCUT2D eigenvalue weighted by Gasteiger charge is -2.07. The molecule has 0 unspecified atom stereocenters. The fourth-order valence-corrected chi connectivity index (χ4v) is 2.05. The fraction of sp³-hybridized carbons (Fsp3) is 0.235. The van der Waals surface area contributed by atoms with E-state index in [2.05, 4.69) is 5.32 Å². The number of hydrogen-bond donors (Lipinski definition) is 1. The summed E-state index contributed by atoms with van der Waals surface area (Å²) >= 11 is 0. The van der Waals surface area contributed by atoms with Crippen LogP contribution < -0.4 is 10.1 Å². The number of carbonyl (C=O) groups is 1. The second kappa shape index (κ2) is 7.93. The van der Waals surface area contributed by atoms with Gasteiger partial charge >= 0.3 is 0 Å². The molecule has 120 valence electrons. The topological polar surface area (TPSA) is 81.5 Å². The van der Waals surface area contributed by atoms with Gasteiger partial charge in [-0.3, -0.25) is 14.9 Å². The van der Waals surface area contributed by atoms with E-state index in [9.17, 15) is 14.9 Å². The molecule has 0 saturated heterocycles. The zero-order valence-electron chi connectivity index (χ0n) is 12.8. The van der Waals surface area contributed by atoms with Gasteiger partial charge in [0.25, 0.3) is 5.69 Å². The molecule has 0 aliphatic heterocycles. The number of benzene rings is 2. The van der Waals surface area contributed by atoms with Gasteiger partial charge in [-0.15, -0.1) is 0 Å². The Morgan fingerprint density at radius 3 is 2.74 bits per heavy atom. The summed E-state index contributed by atoms with van der Waals surface area (Å²) in [7, 11) is 0. The molecule has 2 aromatic carbocycles. The summed E-state index contributed by atoms with van der Waals surface area (Å²) in [5, 5.41) is 13.3. The van der Waals surface area contributed by atoms with Gasteiger partial charge in [0.15, 0.2) is 0 Å². The minimum absolute atomic E-state index is 0.0504. The van der Waals surface area contributed by atoms with Crippen LogP contribution in [-0.2, 0) is 4.79 Å². The predicted octanol–water partition coefficient (Wildman–Crippen LogP) is 3.70. The number of carbonyl (C=O) groups excluding carboxylic acids is 1. The number of nitro groups is 1. The molecule has 6 nitrogen and oxygen atoms in total. The maximum absolute atomic E-state index is 11.8. The lowest BCUT2D eigenvalue weighted by Crippen LogP contribution is -2.12. The SMILES string of the molecule is Cc1cccc(OCCCC(=O)Nc2cccc([N+](=O)[O-])c2)c1. The molecule has 0 radical (unpaired) electrons. The van der Waals surface area contributed by atoms with E-state index in [-0.39, 0.29) is 18.0 Å². The molecule has 2 rings (SSSR count). The standard InChI is InChI=1S/C17H18N2O4/c1-13-5-2-8-16(11-13)23-10-4-9-17(20)18-14-6-3-7-15(12-14)19(21)22/h2-3,5-8,11-12H,4,9-10H2,1H3,(H,18,20). The van der Waals surface area contributed by atoms with Crippen LogP contribution in [0.25, 0.3) is 0 Å². The molecule has 0 fully saturated rings. The third kappa shape index (κ3) is 5.43. The van der Waals surface area contributed by atoms with E-state index in [0.717, 1.165) is 11.3 Å². The number of non-ortho nitro benzene ring substituents is 1. The van der Waals surface area contributed by atoms with Crippen LogP contribution in [0.1, 0.15) is 18.4 Å². The van der Waals surface area contributed by atoms with Crippen LogP contribution in [0.2, 0.25) is 0 Å². The highest BCUT2D eigenvalue weighted by Crippen LogP contribution is 2.17. The molecular weight excluding hydrogens is 296 g/mol. The highest BCUT2D eigenvalue weighted by molar-refractivity contribution is 5.90.